The van der Waals surface area contributed by atoms with Crippen LogP contribution in [0.2, 0.25) is 0 Å². The van der Waals surface area contributed by atoms with E-state index in [0.29, 0.717) is 28.7 Å². The molecular formula is C21H28N2O3S. The number of carbonyl (C=O) groups is 1. The Labute approximate surface area is 166 Å². The van der Waals surface area contributed by atoms with Crippen molar-refractivity contribution in [3.8, 4) is 11.5 Å². The van der Waals surface area contributed by atoms with Gasteiger partial charge in [-0.3, -0.25) is 4.79 Å². The normalized spacial score (nSPS) is 30.7. The molecule has 5 nitrogen and oxygen atoms in total. The standard InChI is InChI=1S/C21H28N2O3S/c1-25-16-3-4-18(26-2)17(8-16)22-20(27)23-19(24)12-21-9-13-5-14(10-21)7-15(6-13)11-21/h3-4,8,13-15H,5-7,9-12H2,1-2H3,(H2,22,23,24,27). The van der Waals surface area contributed by atoms with Crippen molar-refractivity contribution < 1.29 is 14.3 Å². The molecule has 146 valence electrons. The maximum atomic E-state index is 12.7. The second-order valence-electron chi connectivity index (χ2n) is 8.66. The molecule has 27 heavy (non-hydrogen) atoms. The van der Waals surface area contributed by atoms with Gasteiger partial charge in [0, 0.05) is 12.5 Å². The summed E-state index contributed by atoms with van der Waals surface area (Å²) in [7, 11) is 3.21. The number of amides is 1. The first-order valence-corrected chi connectivity index (χ1v) is 10.2. The lowest BCUT2D eigenvalue weighted by Crippen LogP contribution is -2.48. The molecule has 0 spiro atoms. The van der Waals surface area contributed by atoms with Crippen LogP contribution in [0.5, 0.6) is 11.5 Å². The minimum Gasteiger partial charge on any atom is -0.497 e. The summed E-state index contributed by atoms with van der Waals surface area (Å²) < 4.78 is 10.6. The quantitative estimate of drug-likeness (QED) is 0.743. The third-order valence-electron chi connectivity index (χ3n) is 6.61. The number of methoxy groups -OCH3 is 2. The van der Waals surface area contributed by atoms with Gasteiger partial charge in [0.15, 0.2) is 5.11 Å². The second kappa shape index (κ2) is 7.30. The van der Waals surface area contributed by atoms with Gasteiger partial charge in [0.05, 0.1) is 19.9 Å². The monoisotopic (exact) mass is 388 g/mol. The van der Waals surface area contributed by atoms with E-state index < -0.39 is 0 Å². The van der Waals surface area contributed by atoms with Crippen LogP contribution in [0, 0.1) is 23.2 Å². The number of thiocarbonyl (C=S) groups is 1. The Kier molecular flexibility index (Phi) is 5.01. The van der Waals surface area contributed by atoms with Crippen LogP contribution in [-0.4, -0.2) is 25.2 Å². The van der Waals surface area contributed by atoms with E-state index in [9.17, 15) is 4.79 Å². The smallest absolute Gasteiger partial charge is 0.226 e. The molecule has 0 radical (unpaired) electrons. The topological polar surface area (TPSA) is 59.6 Å². The lowest BCUT2D eigenvalue weighted by atomic mass is 9.49. The summed E-state index contributed by atoms with van der Waals surface area (Å²) in [6.07, 6.45) is 8.40. The molecule has 1 aromatic carbocycles. The highest BCUT2D eigenvalue weighted by Gasteiger charge is 2.51. The van der Waals surface area contributed by atoms with Crippen molar-refractivity contribution >= 4 is 28.9 Å². The van der Waals surface area contributed by atoms with Crippen LogP contribution in [0.4, 0.5) is 5.69 Å². The molecule has 4 bridgehead atoms. The zero-order valence-electron chi connectivity index (χ0n) is 16.0. The van der Waals surface area contributed by atoms with Crippen LogP contribution in [0.25, 0.3) is 0 Å². The van der Waals surface area contributed by atoms with E-state index >= 15 is 0 Å². The van der Waals surface area contributed by atoms with Crippen LogP contribution >= 0.6 is 12.2 Å². The van der Waals surface area contributed by atoms with Gasteiger partial charge < -0.3 is 20.1 Å². The average molecular weight is 389 g/mol. The Bertz CT molecular complexity index is 714. The summed E-state index contributed by atoms with van der Waals surface area (Å²) in [4.78, 5) is 12.7. The predicted octanol–water partition coefficient (Wildman–Crippen LogP) is 4.12. The van der Waals surface area contributed by atoms with Crippen LogP contribution < -0.4 is 20.1 Å². The van der Waals surface area contributed by atoms with Gasteiger partial charge in [-0.2, -0.15) is 0 Å². The average Bonchev–Trinajstić information content (AvgIpc) is 2.59. The van der Waals surface area contributed by atoms with E-state index in [1.165, 1.54) is 38.5 Å². The number of carbonyl (C=O) groups excluding carboxylic acids is 1. The molecule has 6 heteroatoms. The third-order valence-corrected chi connectivity index (χ3v) is 6.81. The molecule has 0 aromatic heterocycles. The number of ether oxygens (including phenoxy) is 2. The number of hydrogen-bond acceptors (Lipinski definition) is 4. The van der Waals surface area contributed by atoms with Crippen LogP contribution in [0.15, 0.2) is 18.2 Å². The molecule has 4 aliphatic carbocycles. The Morgan fingerprint density at radius 3 is 2.30 bits per heavy atom. The van der Waals surface area contributed by atoms with Crippen LogP contribution in [0.3, 0.4) is 0 Å². The Balaban J connectivity index is 1.37. The summed E-state index contributed by atoms with van der Waals surface area (Å²) in [6, 6.07) is 5.43. The fraction of sp³-hybridized carbons (Fsp3) is 0.619. The van der Waals surface area contributed by atoms with Gasteiger partial charge in [0.1, 0.15) is 11.5 Å². The third kappa shape index (κ3) is 3.91. The molecule has 5 rings (SSSR count). The lowest BCUT2D eigenvalue weighted by Gasteiger charge is -2.56. The number of hydrogen-bond donors (Lipinski definition) is 2. The van der Waals surface area contributed by atoms with E-state index in [2.05, 4.69) is 10.6 Å². The molecule has 0 saturated heterocycles. The molecule has 0 atom stereocenters. The van der Waals surface area contributed by atoms with Crippen molar-refractivity contribution in [2.24, 2.45) is 23.2 Å². The van der Waals surface area contributed by atoms with E-state index in [4.69, 9.17) is 21.7 Å². The highest BCUT2D eigenvalue weighted by Crippen LogP contribution is 2.61. The molecule has 0 aliphatic heterocycles. The molecule has 4 fully saturated rings. The highest BCUT2D eigenvalue weighted by atomic mass is 32.1. The van der Waals surface area contributed by atoms with E-state index in [0.717, 1.165) is 17.8 Å². The first-order valence-electron chi connectivity index (χ1n) is 9.81. The first kappa shape index (κ1) is 18.5. The summed E-state index contributed by atoms with van der Waals surface area (Å²) >= 11 is 5.37. The Morgan fingerprint density at radius 1 is 1.11 bits per heavy atom. The van der Waals surface area contributed by atoms with Crippen molar-refractivity contribution in [1.82, 2.24) is 5.32 Å². The number of rotatable bonds is 5. The molecule has 1 aromatic rings. The van der Waals surface area contributed by atoms with E-state index in [1.807, 2.05) is 6.07 Å². The first-order chi connectivity index (χ1) is 13.0. The van der Waals surface area contributed by atoms with Crippen molar-refractivity contribution in [1.29, 1.82) is 0 Å². The Hall–Kier alpha value is -1.82. The van der Waals surface area contributed by atoms with Gasteiger partial charge in [-0.25, -0.2) is 0 Å². The molecule has 4 aliphatic rings. The fourth-order valence-electron chi connectivity index (χ4n) is 6.08. The van der Waals surface area contributed by atoms with E-state index in [-0.39, 0.29) is 11.3 Å². The minimum atomic E-state index is 0.0244. The maximum Gasteiger partial charge on any atom is 0.226 e. The van der Waals surface area contributed by atoms with Gasteiger partial charge in [-0.15, -0.1) is 0 Å². The number of benzene rings is 1. The molecular weight excluding hydrogens is 360 g/mol. The molecule has 1 amide bonds. The summed E-state index contributed by atoms with van der Waals surface area (Å²) in [6.45, 7) is 0. The highest BCUT2D eigenvalue weighted by molar-refractivity contribution is 7.80. The van der Waals surface area contributed by atoms with Crippen molar-refractivity contribution in [3.05, 3.63) is 18.2 Å². The molecule has 0 heterocycles. The molecule has 2 N–H and O–H groups in total. The summed E-state index contributed by atoms with van der Waals surface area (Å²) in [5.74, 6) is 3.89. The van der Waals surface area contributed by atoms with Gasteiger partial charge in [0.25, 0.3) is 0 Å². The SMILES string of the molecule is COc1ccc(OC)c(NC(=S)NC(=O)CC23CC4CC(CC(C4)C2)C3)c1. The van der Waals surface area contributed by atoms with Gasteiger partial charge in [-0.1, -0.05) is 0 Å². The zero-order valence-corrected chi connectivity index (χ0v) is 16.9. The van der Waals surface area contributed by atoms with Crippen LogP contribution in [-0.2, 0) is 4.79 Å². The number of anilines is 1. The lowest BCUT2D eigenvalue weighted by molar-refractivity contribution is -0.127. The number of nitrogens with one attached hydrogen (secondary N) is 2. The van der Waals surface area contributed by atoms with Crippen molar-refractivity contribution in [3.63, 3.8) is 0 Å². The van der Waals surface area contributed by atoms with Gasteiger partial charge in [0.2, 0.25) is 5.91 Å². The Morgan fingerprint density at radius 2 is 1.74 bits per heavy atom. The largest absolute Gasteiger partial charge is 0.497 e. The van der Waals surface area contributed by atoms with Crippen molar-refractivity contribution in [2.75, 3.05) is 19.5 Å². The van der Waals surface area contributed by atoms with Gasteiger partial charge in [-0.05, 0) is 86.0 Å². The molecule has 4 saturated carbocycles. The summed E-state index contributed by atoms with van der Waals surface area (Å²) in [5, 5.41) is 6.25. The predicted molar refractivity (Wildman–Crippen MR) is 109 cm³/mol. The van der Waals surface area contributed by atoms with Gasteiger partial charge >= 0.3 is 0 Å². The zero-order chi connectivity index (χ0) is 19.0. The van der Waals surface area contributed by atoms with Crippen molar-refractivity contribution in [2.45, 2.75) is 44.9 Å². The van der Waals surface area contributed by atoms with Crippen LogP contribution in [0.1, 0.15) is 44.9 Å². The fourth-order valence-corrected chi connectivity index (χ4v) is 6.31. The summed E-state index contributed by atoms with van der Waals surface area (Å²) in [5.41, 5.74) is 0.888. The van der Waals surface area contributed by atoms with E-state index in [1.54, 1.807) is 26.4 Å². The maximum absolute atomic E-state index is 12.7. The second-order valence-corrected chi connectivity index (χ2v) is 9.07. The minimum absolute atomic E-state index is 0.0244. The molecule has 0 unspecified atom stereocenters.